The second-order valence-corrected chi connectivity index (χ2v) is 8.76. The van der Waals surface area contributed by atoms with Crippen LogP contribution >= 0.6 is 15.9 Å². The highest BCUT2D eigenvalue weighted by atomic mass is 79.9. The minimum Gasteiger partial charge on any atom is -0.342 e. The first kappa shape index (κ1) is 20.2. The van der Waals surface area contributed by atoms with Crippen molar-refractivity contribution in [1.82, 2.24) is 4.90 Å². The first-order chi connectivity index (χ1) is 10.8. The van der Waals surface area contributed by atoms with Crippen LogP contribution in [0.15, 0.2) is 28.7 Å². The molecule has 0 aromatic heterocycles. The Morgan fingerprint density at radius 1 is 1.22 bits per heavy atom. The van der Waals surface area contributed by atoms with Gasteiger partial charge >= 0.3 is 0 Å². The van der Waals surface area contributed by atoms with E-state index >= 15 is 0 Å². The lowest BCUT2D eigenvalue weighted by Gasteiger charge is -2.25. The summed E-state index contributed by atoms with van der Waals surface area (Å²) in [5.41, 5.74) is 0.690. The van der Waals surface area contributed by atoms with Gasteiger partial charge in [0.05, 0.1) is 5.75 Å². The number of rotatable bonds is 9. The monoisotopic (exact) mass is 403 g/mol. The second kappa shape index (κ2) is 9.42. The van der Waals surface area contributed by atoms with Gasteiger partial charge in [-0.1, -0.05) is 54.8 Å². The number of carbonyl (C=O) groups is 1. The van der Waals surface area contributed by atoms with E-state index in [4.69, 9.17) is 0 Å². The van der Waals surface area contributed by atoms with Crippen molar-refractivity contribution in [3.63, 3.8) is 0 Å². The third kappa shape index (κ3) is 7.04. The highest BCUT2D eigenvalue weighted by molar-refractivity contribution is 9.10. The summed E-state index contributed by atoms with van der Waals surface area (Å²) in [6, 6.07) is 7.16. The third-order valence-corrected chi connectivity index (χ3v) is 5.94. The van der Waals surface area contributed by atoms with Crippen LogP contribution in [0.2, 0.25) is 0 Å². The quantitative estimate of drug-likeness (QED) is 0.631. The first-order valence-electron chi connectivity index (χ1n) is 8.03. The van der Waals surface area contributed by atoms with Gasteiger partial charge in [-0.2, -0.15) is 0 Å². The molecule has 0 atom stereocenters. The van der Waals surface area contributed by atoms with Crippen LogP contribution in [-0.2, 0) is 20.4 Å². The summed E-state index contributed by atoms with van der Waals surface area (Å²) in [5.74, 6) is -0.408. The Labute approximate surface area is 148 Å². The van der Waals surface area contributed by atoms with E-state index in [0.717, 1.165) is 17.3 Å². The van der Waals surface area contributed by atoms with Gasteiger partial charge in [0.15, 0.2) is 9.84 Å². The number of hydrogen-bond acceptors (Lipinski definition) is 3. The summed E-state index contributed by atoms with van der Waals surface area (Å²) in [5, 5.41) is 0. The van der Waals surface area contributed by atoms with E-state index in [9.17, 15) is 13.2 Å². The Morgan fingerprint density at radius 2 is 1.87 bits per heavy atom. The van der Waals surface area contributed by atoms with Crippen molar-refractivity contribution in [2.24, 2.45) is 5.92 Å². The van der Waals surface area contributed by atoms with Gasteiger partial charge in [-0.05, 0) is 30.5 Å². The zero-order valence-electron chi connectivity index (χ0n) is 14.1. The van der Waals surface area contributed by atoms with E-state index in [2.05, 4.69) is 29.8 Å². The number of benzene rings is 1. The lowest BCUT2D eigenvalue weighted by atomic mass is 10.0. The predicted octanol–water partition coefficient (Wildman–Crippen LogP) is 3.65. The fourth-order valence-corrected chi connectivity index (χ4v) is 4.27. The number of sulfone groups is 1. The Morgan fingerprint density at radius 3 is 2.39 bits per heavy atom. The Hall–Kier alpha value is -0.880. The topological polar surface area (TPSA) is 54.5 Å². The number of nitrogens with zero attached hydrogens (tertiary/aromatic N) is 1. The molecule has 0 aliphatic heterocycles. The van der Waals surface area contributed by atoms with Crippen molar-refractivity contribution < 1.29 is 13.2 Å². The zero-order chi connectivity index (χ0) is 17.5. The molecule has 4 nitrogen and oxygen atoms in total. The molecule has 0 saturated carbocycles. The Balaban J connectivity index is 2.72. The summed E-state index contributed by atoms with van der Waals surface area (Å²) < 4.78 is 25.4. The van der Waals surface area contributed by atoms with Gasteiger partial charge in [0.2, 0.25) is 5.91 Å². The molecule has 0 spiro atoms. The van der Waals surface area contributed by atoms with Crippen LogP contribution in [0.3, 0.4) is 0 Å². The Bertz CT molecular complexity index is 612. The highest BCUT2D eigenvalue weighted by Gasteiger charge is 2.23. The highest BCUT2D eigenvalue weighted by Crippen LogP contribution is 2.15. The van der Waals surface area contributed by atoms with Gasteiger partial charge in [-0.25, -0.2) is 8.42 Å². The average Bonchev–Trinajstić information content (AvgIpc) is 2.47. The molecule has 0 unspecified atom stereocenters. The molecule has 0 aliphatic carbocycles. The van der Waals surface area contributed by atoms with Crippen LogP contribution in [0.5, 0.6) is 0 Å². The van der Waals surface area contributed by atoms with E-state index in [0.29, 0.717) is 24.6 Å². The molecule has 1 aromatic carbocycles. The molecule has 0 heterocycles. The SMILES string of the molecule is CCC(CC)CN(CC)C(=O)CS(=O)(=O)Cc1cccc(Br)c1. The molecule has 0 aliphatic rings. The molecule has 0 radical (unpaired) electrons. The summed E-state index contributed by atoms with van der Waals surface area (Å²) in [6.07, 6.45) is 1.98. The molecule has 1 amide bonds. The van der Waals surface area contributed by atoms with Crippen LogP contribution in [0.25, 0.3) is 0 Å². The average molecular weight is 404 g/mol. The lowest BCUT2D eigenvalue weighted by Crippen LogP contribution is -2.39. The van der Waals surface area contributed by atoms with E-state index < -0.39 is 15.6 Å². The molecule has 6 heteroatoms. The second-order valence-electron chi connectivity index (χ2n) is 5.78. The van der Waals surface area contributed by atoms with Crippen LogP contribution in [0, 0.1) is 5.92 Å². The summed E-state index contributed by atoms with van der Waals surface area (Å²) in [4.78, 5) is 14.0. The van der Waals surface area contributed by atoms with Gasteiger partial charge in [-0.3, -0.25) is 4.79 Å². The minimum absolute atomic E-state index is 0.110. The molecule has 0 N–H and O–H groups in total. The fourth-order valence-electron chi connectivity index (χ4n) is 2.48. The normalized spacial score (nSPS) is 11.7. The molecule has 1 aromatic rings. The van der Waals surface area contributed by atoms with Crippen molar-refractivity contribution in [2.75, 3.05) is 18.8 Å². The fraction of sp³-hybridized carbons (Fsp3) is 0.588. The van der Waals surface area contributed by atoms with Crippen molar-refractivity contribution in [3.05, 3.63) is 34.3 Å². The number of halogens is 1. The van der Waals surface area contributed by atoms with Crippen LogP contribution in [0.4, 0.5) is 0 Å². The summed E-state index contributed by atoms with van der Waals surface area (Å²) in [6.45, 7) is 7.25. The molecule has 0 bridgehead atoms. The minimum atomic E-state index is -3.47. The van der Waals surface area contributed by atoms with Crippen LogP contribution < -0.4 is 0 Å². The molecule has 0 saturated heterocycles. The predicted molar refractivity (Wildman–Crippen MR) is 98.0 cm³/mol. The molecule has 0 fully saturated rings. The van der Waals surface area contributed by atoms with Crippen molar-refractivity contribution in [2.45, 2.75) is 39.4 Å². The Kier molecular flexibility index (Phi) is 8.26. The van der Waals surface area contributed by atoms with Crippen LogP contribution in [0.1, 0.15) is 39.2 Å². The molecule has 1 rings (SSSR count). The number of hydrogen-bond donors (Lipinski definition) is 0. The standard InChI is InChI=1S/C17H26BrNO3S/c1-4-14(5-2)11-19(6-3)17(20)13-23(21,22)12-15-8-7-9-16(18)10-15/h7-10,14H,4-6,11-13H2,1-3H3. The maximum atomic E-state index is 12.4. The van der Waals surface area contributed by atoms with Crippen molar-refractivity contribution >= 4 is 31.7 Å². The number of amides is 1. The maximum absolute atomic E-state index is 12.4. The molecular formula is C17H26BrNO3S. The van der Waals surface area contributed by atoms with E-state index in [1.54, 1.807) is 23.1 Å². The van der Waals surface area contributed by atoms with Gasteiger partial charge in [0, 0.05) is 17.6 Å². The van der Waals surface area contributed by atoms with Gasteiger partial charge in [0.25, 0.3) is 0 Å². The van der Waals surface area contributed by atoms with E-state index in [1.807, 2.05) is 13.0 Å². The largest absolute Gasteiger partial charge is 0.342 e. The van der Waals surface area contributed by atoms with Gasteiger partial charge < -0.3 is 4.90 Å². The van der Waals surface area contributed by atoms with E-state index in [1.165, 1.54) is 0 Å². The smallest absolute Gasteiger partial charge is 0.237 e. The third-order valence-electron chi connectivity index (χ3n) is 3.99. The number of carbonyl (C=O) groups excluding carboxylic acids is 1. The van der Waals surface area contributed by atoms with E-state index in [-0.39, 0.29) is 11.7 Å². The van der Waals surface area contributed by atoms with Gasteiger partial charge in [-0.15, -0.1) is 0 Å². The lowest BCUT2D eigenvalue weighted by molar-refractivity contribution is -0.128. The summed E-state index contributed by atoms with van der Waals surface area (Å²) in [7, 11) is -3.47. The molecular weight excluding hydrogens is 378 g/mol. The van der Waals surface area contributed by atoms with Crippen molar-refractivity contribution in [1.29, 1.82) is 0 Å². The zero-order valence-corrected chi connectivity index (χ0v) is 16.5. The first-order valence-corrected chi connectivity index (χ1v) is 10.6. The molecule has 23 heavy (non-hydrogen) atoms. The maximum Gasteiger partial charge on any atom is 0.237 e. The van der Waals surface area contributed by atoms with Crippen molar-refractivity contribution in [3.8, 4) is 0 Å². The molecule has 130 valence electrons. The van der Waals surface area contributed by atoms with Gasteiger partial charge in [0.1, 0.15) is 5.75 Å². The summed E-state index contributed by atoms with van der Waals surface area (Å²) >= 11 is 3.33. The van der Waals surface area contributed by atoms with Crippen LogP contribution in [-0.4, -0.2) is 38.1 Å².